The lowest BCUT2D eigenvalue weighted by atomic mass is 9.98. The maximum absolute atomic E-state index is 10.6. The molecular weight excluding hydrogens is 563 g/mol. The minimum absolute atomic E-state index is 0.349. The molecule has 3 aromatic rings. The molecule has 0 aromatic heterocycles. The standard InChI is InChI=1S/C23H18BrIO3S/c24-20-14-17(28-15-23(26)27)10-11-22(20)29-13-12-18(16-6-2-1-3-7-16)19-8-4-5-9-21(19)25/h1-12,14H,13,15H2,(H,26,27). The number of carbonyl (C=O) groups is 1. The van der Waals surface area contributed by atoms with Gasteiger partial charge in [-0.15, -0.1) is 11.8 Å². The Balaban J connectivity index is 1.78. The van der Waals surface area contributed by atoms with Crippen molar-refractivity contribution in [1.82, 2.24) is 0 Å². The zero-order chi connectivity index (χ0) is 20.6. The van der Waals surface area contributed by atoms with E-state index >= 15 is 0 Å². The van der Waals surface area contributed by atoms with Crippen LogP contribution in [0.15, 0.2) is 88.2 Å². The predicted octanol–water partition coefficient (Wildman–Crippen LogP) is 6.74. The summed E-state index contributed by atoms with van der Waals surface area (Å²) in [5.41, 5.74) is 3.62. The third-order valence-corrected chi connectivity index (χ3v) is 6.90. The van der Waals surface area contributed by atoms with Gasteiger partial charge in [0.1, 0.15) is 5.75 Å². The molecule has 0 amide bonds. The molecule has 0 saturated carbocycles. The summed E-state index contributed by atoms with van der Waals surface area (Å²) in [6, 6.07) is 24.3. The number of rotatable bonds is 8. The van der Waals surface area contributed by atoms with E-state index in [1.54, 1.807) is 23.9 Å². The minimum Gasteiger partial charge on any atom is -0.482 e. The van der Waals surface area contributed by atoms with Gasteiger partial charge in [0.05, 0.1) is 0 Å². The van der Waals surface area contributed by atoms with E-state index in [1.165, 1.54) is 20.3 Å². The lowest BCUT2D eigenvalue weighted by Crippen LogP contribution is -2.09. The lowest BCUT2D eigenvalue weighted by molar-refractivity contribution is -0.139. The number of thioether (sulfide) groups is 1. The van der Waals surface area contributed by atoms with Crippen LogP contribution in [0, 0.1) is 3.57 Å². The quantitative estimate of drug-likeness (QED) is 0.237. The van der Waals surface area contributed by atoms with E-state index in [-0.39, 0.29) is 6.61 Å². The highest BCUT2D eigenvalue weighted by Crippen LogP contribution is 2.33. The van der Waals surface area contributed by atoms with Crippen LogP contribution >= 0.6 is 50.3 Å². The summed E-state index contributed by atoms with van der Waals surface area (Å²) in [7, 11) is 0. The summed E-state index contributed by atoms with van der Waals surface area (Å²) in [5, 5.41) is 8.73. The fraction of sp³-hybridized carbons (Fsp3) is 0.0870. The average molecular weight is 581 g/mol. The van der Waals surface area contributed by atoms with Gasteiger partial charge in [-0.3, -0.25) is 0 Å². The van der Waals surface area contributed by atoms with Crippen molar-refractivity contribution in [2.45, 2.75) is 4.90 Å². The van der Waals surface area contributed by atoms with Gasteiger partial charge in [0.15, 0.2) is 6.61 Å². The number of halogens is 2. The SMILES string of the molecule is O=C(O)COc1ccc(SCC=C(c2ccccc2)c2ccccc2I)c(Br)c1. The summed E-state index contributed by atoms with van der Waals surface area (Å²) >= 11 is 7.63. The molecule has 3 rings (SSSR count). The molecule has 1 N–H and O–H groups in total. The van der Waals surface area contributed by atoms with Crippen LogP contribution < -0.4 is 4.74 Å². The van der Waals surface area contributed by atoms with Crippen LogP contribution in [0.4, 0.5) is 0 Å². The van der Waals surface area contributed by atoms with Crippen LogP contribution in [0.2, 0.25) is 0 Å². The summed E-state index contributed by atoms with van der Waals surface area (Å²) in [6.07, 6.45) is 2.25. The number of ether oxygens (including phenoxy) is 1. The van der Waals surface area contributed by atoms with E-state index in [0.717, 1.165) is 15.1 Å². The monoisotopic (exact) mass is 580 g/mol. The Morgan fingerprint density at radius 3 is 2.48 bits per heavy atom. The highest BCUT2D eigenvalue weighted by molar-refractivity contribution is 14.1. The molecule has 29 heavy (non-hydrogen) atoms. The fourth-order valence-electron chi connectivity index (χ4n) is 2.73. The van der Waals surface area contributed by atoms with Crippen LogP contribution in [0.3, 0.4) is 0 Å². The molecule has 0 fully saturated rings. The first-order chi connectivity index (χ1) is 14.0. The maximum atomic E-state index is 10.6. The molecule has 0 heterocycles. The summed E-state index contributed by atoms with van der Waals surface area (Å²) in [4.78, 5) is 11.7. The van der Waals surface area contributed by atoms with Crippen molar-refractivity contribution in [2.24, 2.45) is 0 Å². The Morgan fingerprint density at radius 2 is 1.79 bits per heavy atom. The van der Waals surface area contributed by atoms with E-state index < -0.39 is 5.97 Å². The van der Waals surface area contributed by atoms with Crippen molar-refractivity contribution in [3.05, 3.63) is 98.0 Å². The fourth-order valence-corrected chi connectivity index (χ4v) is 4.90. The van der Waals surface area contributed by atoms with Gasteiger partial charge in [0.25, 0.3) is 0 Å². The Hall–Kier alpha value is -1.77. The molecule has 0 unspecified atom stereocenters. The first-order valence-corrected chi connectivity index (χ1v) is 11.7. The molecule has 0 atom stereocenters. The van der Waals surface area contributed by atoms with Gasteiger partial charge in [-0.1, -0.05) is 54.6 Å². The van der Waals surface area contributed by atoms with Crippen LogP contribution in [-0.2, 0) is 4.79 Å². The Labute approximate surface area is 196 Å². The molecule has 0 bridgehead atoms. The van der Waals surface area contributed by atoms with Crippen LogP contribution in [0.25, 0.3) is 5.57 Å². The van der Waals surface area contributed by atoms with Gasteiger partial charge in [0.2, 0.25) is 0 Å². The molecule has 0 radical (unpaired) electrons. The number of hydrogen-bond donors (Lipinski definition) is 1. The summed E-state index contributed by atoms with van der Waals surface area (Å²) in [6.45, 7) is -0.349. The van der Waals surface area contributed by atoms with E-state index in [1.807, 2.05) is 18.2 Å². The molecule has 0 aliphatic rings. The highest BCUT2D eigenvalue weighted by Gasteiger charge is 2.09. The minimum atomic E-state index is -0.992. The van der Waals surface area contributed by atoms with E-state index in [9.17, 15) is 4.79 Å². The largest absolute Gasteiger partial charge is 0.482 e. The van der Waals surface area contributed by atoms with Crippen LogP contribution in [-0.4, -0.2) is 23.4 Å². The molecule has 0 aliphatic heterocycles. The van der Waals surface area contributed by atoms with Crippen molar-refractivity contribution < 1.29 is 14.6 Å². The summed E-state index contributed by atoms with van der Waals surface area (Å²) < 4.78 is 7.32. The Kier molecular flexibility index (Phi) is 8.20. The topological polar surface area (TPSA) is 46.5 Å². The number of carboxylic acid groups (broad SMARTS) is 1. The lowest BCUT2D eigenvalue weighted by Gasteiger charge is -2.11. The molecule has 3 aromatic carbocycles. The van der Waals surface area contributed by atoms with Gasteiger partial charge in [-0.25, -0.2) is 4.79 Å². The highest BCUT2D eigenvalue weighted by atomic mass is 127. The van der Waals surface area contributed by atoms with Gasteiger partial charge in [-0.2, -0.15) is 0 Å². The number of carboxylic acids is 1. The maximum Gasteiger partial charge on any atom is 0.341 e. The van der Waals surface area contributed by atoms with Crippen molar-refractivity contribution in [3.8, 4) is 5.75 Å². The molecule has 0 aliphatic carbocycles. The summed E-state index contributed by atoms with van der Waals surface area (Å²) in [5.74, 6) is 0.333. The molecule has 0 spiro atoms. The first kappa shape index (κ1) is 21.9. The molecule has 6 heteroatoms. The van der Waals surface area contributed by atoms with E-state index in [0.29, 0.717) is 5.75 Å². The average Bonchev–Trinajstić information content (AvgIpc) is 2.72. The second-order valence-electron chi connectivity index (χ2n) is 6.05. The van der Waals surface area contributed by atoms with E-state index in [4.69, 9.17) is 9.84 Å². The van der Waals surface area contributed by atoms with Gasteiger partial charge in [-0.05, 0) is 79.5 Å². The second-order valence-corrected chi connectivity index (χ2v) is 9.13. The van der Waals surface area contributed by atoms with Crippen LogP contribution in [0.1, 0.15) is 11.1 Å². The van der Waals surface area contributed by atoms with Gasteiger partial charge in [0, 0.05) is 18.7 Å². The van der Waals surface area contributed by atoms with Crippen molar-refractivity contribution in [3.63, 3.8) is 0 Å². The Bertz CT molecular complexity index is 1020. The van der Waals surface area contributed by atoms with Crippen LogP contribution in [0.5, 0.6) is 5.75 Å². The Morgan fingerprint density at radius 1 is 1.07 bits per heavy atom. The molecule has 3 nitrogen and oxygen atoms in total. The first-order valence-electron chi connectivity index (χ1n) is 8.82. The van der Waals surface area contributed by atoms with Crippen molar-refractivity contribution in [1.29, 1.82) is 0 Å². The number of aliphatic carboxylic acids is 1. The number of hydrogen-bond acceptors (Lipinski definition) is 3. The zero-order valence-electron chi connectivity index (χ0n) is 15.3. The predicted molar refractivity (Wildman–Crippen MR) is 131 cm³/mol. The third kappa shape index (κ3) is 6.35. The van der Waals surface area contributed by atoms with Gasteiger partial charge >= 0.3 is 5.97 Å². The molecule has 148 valence electrons. The number of benzene rings is 3. The van der Waals surface area contributed by atoms with Crippen molar-refractivity contribution >= 4 is 61.8 Å². The van der Waals surface area contributed by atoms with Crippen molar-refractivity contribution in [2.75, 3.05) is 12.4 Å². The normalized spacial score (nSPS) is 11.3. The smallest absolute Gasteiger partial charge is 0.341 e. The third-order valence-electron chi connectivity index (χ3n) is 4.04. The molecular formula is C23H18BrIO3S. The second kappa shape index (κ2) is 10.8. The zero-order valence-corrected chi connectivity index (χ0v) is 19.9. The van der Waals surface area contributed by atoms with E-state index in [2.05, 4.69) is 87.1 Å². The van der Waals surface area contributed by atoms with Gasteiger partial charge < -0.3 is 9.84 Å². The molecule has 0 saturated heterocycles.